The Morgan fingerprint density at radius 3 is 2.56 bits per heavy atom. The summed E-state index contributed by atoms with van der Waals surface area (Å²) in [5, 5.41) is 4.56. The molecule has 7 nitrogen and oxygen atoms in total. The van der Waals surface area contributed by atoms with Crippen LogP contribution >= 0.6 is 34.3 Å². The first-order chi connectivity index (χ1) is 16.0. The third-order valence-corrected chi connectivity index (χ3v) is 9.75. The molecule has 0 bridgehead atoms. The molecule has 1 aliphatic rings. The van der Waals surface area contributed by atoms with E-state index in [1.54, 1.807) is 5.38 Å². The summed E-state index contributed by atoms with van der Waals surface area (Å²) < 4.78 is 65.7. The number of hydrogen-bond acceptors (Lipinski definition) is 7. The van der Waals surface area contributed by atoms with Gasteiger partial charge >= 0.3 is 6.18 Å². The second-order valence-corrected chi connectivity index (χ2v) is 12.2. The summed E-state index contributed by atoms with van der Waals surface area (Å²) in [6, 6.07) is 6.51. The van der Waals surface area contributed by atoms with Crippen LogP contribution in [-0.4, -0.2) is 36.2 Å². The van der Waals surface area contributed by atoms with Crippen LogP contribution in [-0.2, 0) is 21.0 Å². The molecule has 2 aromatic heterocycles. The topological polar surface area (TPSA) is 105 Å². The van der Waals surface area contributed by atoms with Gasteiger partial charge in [-0.25, -0.2) is 13.4 Å². The van der Waals surface area contributed by atoms with E-state index in [2.05, 4.69) is 10.3 Å². The number of halogens is 4. The Hall–Kier alpha value is -2.03. The van der Waals surface area contributed by atoms with Crippen molar-refractivity contribution in [2.75, 3.05) is 6.54 Å². The first kappa shape index (κ1) is 25.1. The van der Waals surface area contributed by atoms with Crippen molar-refractivity contribution in [3.05, 3.63) is 56.7 Å². The summed E-state index contributed by atoms with van der Waals surface area (Å²) in [5.41, 5.74) is 6.21. The molecule has 3 aromatic rings. The summed E-state index contributed by atoms with van der Waals surface area (Å²) in [7, 11) is -3.89. The van der Waals surface area contributed by atoms with E-state index in [1.165, 1.54) is 24.3 Å². The molecule has 34 heavy (non-hydrogen) atoms. The molecule has 0 radical (unpaired) electrons. The van der Waals surface area contributed by atoms with Crippen molar-refractivity contribution in [3.8, 4) is 11.3 Å². The Morgan fingerprint density at radius 2 is 1.94 bits per heavy atom. The molecule has 4 rings (SSSR count). The fraction of sp³-hybridized carbons (Fsp3) is 0.300. The van der Waals surface area contributed by atoms with Crippen molar-refractivity contribution < 1.29 is 26.4 Å². The van der Waals surface area contributed by atoms with Gasteiger partial charge in [0.05, 0.1) is 15.6 Å². The van der Waals surface area contributed by atoms with Crippen LogP contribution in [0.5, 0.6) is 0 Å². The molecule has 3 N–H and O–H groups in total. The number of nitrogens with zero attached hydrogens (tertiary/aromatic N) is 2. The number of benzene rings is 1. The molecule has 1 amide bonds. The average molecular weight is 551 g/mol. The minimum Gasteiger partial charge on any atom is -0.333 e. The van der Waals surface area contributed by atoms with Gasteiger partial charge in [0.2, 0.25) is 5.91 Å². The number of nitrogens with two attached hydrogens (primary N) is 1. The number of alkyl halides is 3. The van der Waals surface area contributed by atoms with Crippen LogP contribution in [0.1, 0.15) is 29.6 Å². The number of thiazole rings is 1. The van der Waals surface area contributed by atoms with Crippen molar-refractivity contribution in [3.63, 3.8) is 0 Å². The second kappa shape index (κ2) is 9.55. The van der Waals surface area contributed by atoms with E-state index in [4.69, 9.17) is 17.3 Å². The zero-order valence-corrected chi connectivity index (χ0v) is 20.5. The molecule has 14 heteroatoms. The number of carbonyl (C=O) groups is 1. The van der Waals surface area contributed by atoms with Crippen LogP contribution in [0.3, 0.4) is 0 Å². The highest BCUT2D eigenvalue weighted by Crippen LogP contribution is 2.33. The number of aromatic nitrogens is 1. The Balaban J connectivity index is 1.45. The van der Waals surface area contributed by atoms with Crippen molar-refractivity contribution in [2.24, 2.45) is 5.73 Å². The Kier molecular flexibility index (Phi) is 7.04. The highest BCUT2D eigenvalue weighted by molar-refractivity contribution is 7.91. The highest BCUT2D eigenvalue weighted by atomic mass is 35.5. The van der Waals surface area contributed by atoms with Crippen LogP contribution in [0, 0.1) is 0 Å². The number of rotatable bonds is 6. The quantitative estimate of drug-likeness (QED) is 0.441. The first-order valence-corrected chi connectivity index (χ1v) is 13.4. The van der Waals surface area contributed by atoms with Gasteiger partial charge in [-0.05, 0) is 37.1 Å². The number of sulfonamides is 1. The number of amides is 1. The maximum atomic E-state index is 13.0. The lowest BCUT2D eigenvalue weighted by Gasteiger charge is -2.23. The Morgan fingerprint density at radius 1 is 1.24 bits per heavy atom. The molecule has 3 heterocycles. The minimum absolute atomic E-state index is 0.0580. The smallest absolute Gasteiger partial charge is 0.333 e. The molecule has 0 unspecified atom stereocenters. The molecule has 1 aliphatic heterocycles. The third kappa shape index (κ3) is 5.14. The predicted octanol–water partition coefficient (Wildman–Crippen LogP) is 4.47. The van der Waals surface area contributed by atoms with Gasteiger partial charge in [0.1, 0.15) is 21.4 Å². The van der Waals surface area contributed by atoms with Crippen LogP contribution in [0.25, 0.3) is 11.3 Å². The first-order valence-electron chi connectivity index (χ1n) is 9.93. The maximum Gasteiger partial charge on any atom is 0.416 e. The summed E-state index contributed by atoms with van der Waals surface area (Å²) in [4.78, 5) is 17.2. The SMILES string of the molecule is N[C@H](NC(=O)[C@@H]1CCCN1S(=O)(=O)c1ccc(Cl)s1)c1nc(-c2ccc(C(F)(F)F)cc2)cs1. The van der Waals surface area contributed by atoms with Crippen LogP contribution in [0.2, 0.25) is 4.34 Å². The van der Waals surface area contributed by atoms with Gasteiger partial charge in [-0.1, -0.05) is 23.7 Å². The van der Waals surface area contributed by atoms with Crippen LogP contribution < -0.4 is 11.1 Å². The van der Waals surface area contributed by atoms with Gasteiger partial charge < -0.3 is 11.1 Å². The lowest BCUT2D eigenvalue weighted by Crippen LogP contribution is -2.48. The van der Waals surface area contributed by atoms with E-state index < -0.39 is 39.9 Å². The van der Waals surface area contributed by atoms with Gasteiger partial charge in [-0.3, -0.25) is 4.79 Å². The molecular weight excluding hydrogens is 533 g/mol. The minimum atomic E-state index is -4.43. The largest absolute Gasteiger partial charge is 0.416 e. The molecule has 182 valence electrons. The predicted molar refractivity (Wildman–Crippen MR) is 124 cm³/mol. The average Bonchev–Trinajstić information content (AvgIpc) is 3.53. The van der Waals surface area contributed by atoms with Gasteiger partial charge in [-0.2, -0.15) is 17.5 Å². The molecular formula is C20H18ClF3N4O3S3. The summed E-state index contributed by atoms with van der Waals surface area (Å²) in [5.74, 6) is -0.553. The van der Waals surface area contributed by atoms with Gasteiger partial charge in [0, 0.05) is 17.5 Å². The Labute approximate surface area is 206 Å². The fourth-order valence-corrected chi connectivity index (χ4v) is 7.59. The zero-order chi connectivity index (χ0) is 24.7. The van der Waals surface area contributed by atoms with Crippen molar-refractivity contribution in [1.82, 2.24) is 14.6 Å². The fourth-order valence-electron chi connectivity index (χ4n) is 3.55. The molecule has 1 fully saturated rings. The molecule has 1 saturated heterocycles. The highest BCUT2D eigenvalue weighted by Gasteiger charge is 2.40. The van der Waals surface area contributed by atoms with Crippen LogP contribution in [0.4, 0.5) is 13.2 Å². The number of thiophene rings is 1. The van der Waals surface area contributed by atoms with E-state index in [0.29, 0.717) is 33.4 Å². The zero-order valence-electron chi connectivity index (χ0n) is 17.3. The van der Waals surface area contributed by atoms with Gasteiger partial charge in [0.25, 0.3) is 10.0 Å². The number of hydrogen-bond donors (Lipinski definition) is 2. The van der Waals surface area contributed by atoms with Crippen molar-refractivity contribution in [2.45, 2.75) is 35.4 Å². The van der Waals surface area contributed by atoms with Crippen molar-refractivity contribution in [1.29, 1.82) is 0 Å². The maximum absolute atomic E-state index is 13.0. The molecule has 0 spiro atoms. The lowest BCUT2D eigenvalue weighted by atomic mass is 10.1. The number of carbonyl (C=O) groups excluding carboxylic acids is 1. The Bertz CT molecular complexity index is 1290. The van der Waals surface area contributed by atoms with Crippen LogP contribution in [0.15, 0.2) is 46.0 Å². The lowest BCUT2D eigenvalue weighted by molar-refractivity contribution is -0.137. The molecule has 0 saturated carbocycles. The molecule has 0 aliphatic carbocycles. The second-order valence-electron chi connectivity index (χ2n) is 7.46. The monoisotopic (exact) mass is 550 g/mol. The van der Waals surface area contributed by atoms with Gasteiger partial charge in [-0.15, -0.1) is 22.7 Å². The van der Waals surface area contributed by atoms with E-state index in [0.717, 1.165) is 39.1 Å². The molecule has 2 atom stereocenters. The standard InChI is InChI=1S/C20H18ClF3N4O3S3/c21-15-7-8-16(33-15)34(30,31)28-9-1-2-14(28)18(29)27-17(25)19-26-13(10-32-19)11-3-5-12(6-4-11)20(22,23)24/h3-8,10,14,17H,1-2,9,25H2,(H,27,29)/t14-,17+/m0/s1. The normalized spacial score (nSPS) is 18.2. The van der Waals surface area contributed by atoms with E-state index in [-0.39, 0.29) is 10.8 Å². The van der Waals surface area contributed by atoms with Crippen molar-refractivity contribution >= 4 is 50.2 Å². The summed E-state index contributed by atoms with van der Waals surface area (Å²) in [6.07, 6.45) is -4.59. The van der Waals surface area contributed by atoms with E-state index in [9.17, 15) is 26.4 Å². The summed E-state index contributed by atoms with van der Waals surface area (Å²) >= 11 is 7.92. The number of nitrogens with one attached hydrogen (secondary N) is 1. The molecule has 1 aromatic carbocycles. The third-order valence-electron chi connectivity index (χ3n) is 5.21. The van der Waals surface area contributed by atoms with Gasteiger partial charge in [0.15, 0.2) is 0 Å². The van der Waals surface area contributed by atoms with E-state index in [1.807, 2.05) is 0 Å². The summed E-state index contributed by atoms with van der Waals surface area (Å²) in [6.45, 7) is 0.195. The van der Waals surface area contributed by atoms with E-state index >= 15 is 0 Å².